The van der Waals surface area contributed by atoms with Crippen LogP contribution in [0.15, 0.2) is 0 Å². The molecule has 9 heavy (non-hydrogen) atoms. The third kappa shape index (κ3) is 0.877. The standard InChI is InChI=1S/C8H15N/c1-6-4-7-2-3-8(6)9-5-7/h6-9H,2-5H2,1H3/t6-,7+,8-/m0/s1. The lowest BCUT2D eigenvalue weighted by Crippen LogP contribution is -2.49. The monoisotopic (exact) mass is 125 g/mol. The van der Waals surface area contributed by atoms with Gasteiger partial charge < -0.3 is 5.32 Å². The highest BCUT2D eigenvalue weighted by Gasteiger charge is 2.31. The molecule has 1 saturated carbocycles. The maximum absolute atomic E-state index is 3.57. The van der Waals surface area contributed by atoms with E-state index in [0.29, 0.717) is 0 Å². The Hall–Kier alpha value is -0.0400. The van der Waals surface area contributed by atoms with E-state index in [9.17, 15) is 0 Å². The number of fused-ring (bicyclic) bond motifs is 3. The quantitative estimate of drug-likeness (QED) is 0.516. The molecule has 3 fully saturated rings. The maximum Gasteiger partial charge on any atom is 0.00930 e. The second-order valence-corrected chi connectivity index (χ2v) is 3.67. The van der Waals surface area contributed by atoms with Crippen molar-refractivity contribution < 1.29 is 0 Å². The number of hydrogen-bond donors (Lipinski definition) is 1. The van der Waals surface area contributed by atoms with Crippen molar-refractivity contribution in [2.45, 2.75) is 32.2 Å². The van der Waals surface area contributed by atoms with Crippen molar-refractivity contribution in [2.75, 3.05) is 6.54 Å². The summed E-state index contributed by atoms with van der Waals surface area (Å²) in [5.41, 5.74) is 0. The van der Waals surface area contributed by atoms with Gasteiger partial charge in [-0.3, -0.25) is 0 Å². The minimum atomic E-state index is 0.870. The van der Waals surface area contributed by atoms with E-state index in [4.69, 9.17) is 0 Å². The molecule has 2 bridgehead atoms. The van der Waals surface area contributed by atoms with Crippen LogP contribution < -0.4 is 5.32 Å². The molecule has 3 aliphatic rings. The third-order valence-corrected chi connectivity index (χ3v) is 2.95. The summed E-state index contributed by atoms with van der Waals surface area (Å²) in [6.45, 7) is 3.68. The van der Waals surface area contributed by atoms with Crippen LogP contribution in [-0.4, -0.2) is 12.6 Å². The summed E-state index contributed by atoms with van der Waals surface area (Å²) in [6.07, 6.45) is 4.41. The second kappa shape index (κ2) is 1.98. The lowest BCUT2D eigenvalue weighted by atomic mass is 9.75. The molecule has 1 nitrogen and oxygen atoms in total. The van der Waals surface area contributed by atoms with Crippen molar-refractivity contribution in [3.05, 3.63) is 0 Å². The number of piperidine rings is 2. The molecule has 3 atom stereocenters. The van der Waals surface area contributed by atoms with E-state index in [0.717, 1.165) is 17.9 Å². The summed E-state index contributed by atoms with van der Waals surface area (Å²) < 4.78 is 0. The first-order chi connectivity index (χ1) is 4.36. The fourth-order valence-corrected chi connectivity index (χ4v) is 2.31. The molecule has 1 N–H and O–H groups in total. The van der Waals surface area contributed by atoms with E-state index in [1.54, 1.807) is 0 Å². The van der Waals surface area contributed by atoms with Crippen LogP contribution in [0.1, 0.15) is 26.2 Å². The van der Waals surface area contributed by atoms with Crippen molar-refractivity contribution >= 4 is 0 Å². The number of hydrogen-bond acceptors (Lipinski definition) is 1. The SMILES string of the molecule is C[C@H]1C[C@H]2CC[C@@H]1NC2. The van der Waals surface area contributed by atoms with Gasteiger partial charge in [0.05, 0.1) is 0 Å². The molecule has 0 aromatic rings. The van der Waals surface area contributed by atoms with Crippen LogP contribution in [0.25, 0.3) is 0 Å². The lowest BCUT2D eigenvalue weighted by molar-refractivity contribution is 0.150. The lowest BCUT2D eigenvalue weighted by Gasteiger charge is -2.41. The van der Waals surface area contributed by atoms with Gasteiger partial charge in [0, 0.05) is 6.04 Å². The zero-order valence-electron chi connectivity index (χ0n) is 6.06. The van der Waals surface area contributed by atoms with E-state index in [1.807, 2.05) is 0 Å². The topological polar surface area (TPSA) is 12.0 Å². The maximum atomic E-state index is 3.57. The Kier molecular flexibility index (Phi) is 1.26. The molecule has 0 radical (unpaired) electrons. The molecule has 2 aliphatic heterocycles. The first-order valence-electron chi connectivity index (χ1n) is 4.09. The first kappa shape index (κ1) is 5.72. The molecule has 52 valence electrons. The average molecular weight is 125 g/mol. The summed E-state index contributed by atoms with van der Waals surface area (Å²) in [7, 11) is 0. The molecule has 2 saturated heterocycles. The van der Waals surface area contributed by atoms with Gasteiger partial charge in [-0.15, -0.1) is 0 Å². The van der Waals surface area contributed by atoms with E-state index in [1.165, 1.54) is 25.8 Å². The molecule has 0 amide bonds. The highest BCUT2D eigenvalue weighted by atomic mass is 15.0. The molecule has 0 aromatic heterocycles. The Morgan fingerprint density at radius 3 is 2.44 bits per heavy atom. The molecular weight excluding hydrogens is 110 g/mol. The molecular formula is C8H15N. The zero-order valence-corrected chi connectivity index (χ0v) is 6.06. The van der Waals surface area contributed by atoms with Crippen molar-refractivity contribution in [3.8, 4) is 0 Å². The number of rotatable bonds is 0. The predicted octanol–water partition coefficient (Wildman–Crippen LogP) is 1.39. The smallest absolute Gasteiger partial charge is 0.00930 e. The van der Waals surface area contributed by atoms with Crippen molar-refractivity contribution in [1.82, 2.24) is 5.32 Å². The fourth-order valence-electron chi connectivity index (χ4n) is 2.31. The van der Waals surface area contributed by atoms with Crippen molar-refractivity contribution in [1.29, 1.82) is 0 Å². The molecule has 2 heterocycles. The molecule has 1 aliphatic carbocycles. The van der Waals surface area contributed by atoms with Gasteiger partial charge in [0.25, 0.3) is 0 Å². The van der Waals surface area contributed by atoms with Gasteiger partial charge in [-0.2, -0.15) is 0 Å². The Morgan fingerprint density at radius 1 is 1.33 bits per heavy atom. The van der Waals surface area contributed by atoms with Gasteiger partial charge in [-0.25, -0.2) is 0 Å². The van der Waals surface area contributed by atoms with E-state index < -0.39 is 0 Å². The Labute approximate surface area is 56.8 Å². The van der Waals surface area contributed by atoms with Gasteiger partial charge in [-0.1, -0.05) is 6.92 Å². The largest absolute Gasteiger partial charge is 0.313 e. The van der Waals surface area contributed by atoms with Gasteiger partial charge >= 0.3 is 0 Å². The van der Waals surface area contributed by atoms with Gasteiger partial charge in [0.1, 0.15) is 0 Å². The summed E-state index contributed by atoms with van der Waals surface area (Å²) in [4.78, 5) is 0. The van der Waals surface area contributed by atoms with Crippen LogP contribution >= 0.6 is 0 Å². The van der Waals surface area contributed by atoms with Gasteiger partial charge in [0.15, 0.2) is 0 Å². The van der Waals surface area contributed by atoms with Crippen LogP contribution in [0, 0.1) is 11.8 Å². The predicted molar refractivity (Wildman–Crippen MR) is 38.3 cm³/mol. The minimum Gasteiger partial charge on any atom is -0.313 e. The van der Waals surface area contributed by atoms with E-state index >= 15 is 0 Å². The summed E-state index contributed by atoms with van der Waals surface area (Å²) in [6, 6.07) is 0.870. The molecule has 3 rings (SSSR count). The van der Waals surface area contributed by atoms with Crippen molar-refractivity contribution in [3.63, 3.8) is 0 Å². The van der Waals surface area contributed by atoms with E-state index in [2.05, 4.69) is 12.2 Å². The fraction of sp³-hybridized carbons (Fsp3) is 1.00. The third-order valence-electron chi connectivity index (χ3n) is 2.95. The molecule has 0 spiro atoms. The van der Waals surface area contributed by atoms with Crippen LogP contribution in [0.4, 0.5) is 0 Å². The molecule has 0 unspecified atom stereocenters. The number of nitrogens with one attached hydrogen (secondary N) is 1. The normalized spacial score (nSPS) is 49.7. The minimum absolute atomic E-state index is 0.870. The Morgan fingerprint density at radius 2 is 2.22 bits per heavy atom. The van der Waals surface area contributed by atoms with Gasteiger partial charge in [0.2, 0.25) is 0 Å². The molecule has 0 aromatic carbocycles. The van der Waals surface area contributed by atoms with Crippen LogP contribution in [-0.2, 0) is 0 Å². The zero-order chi connectivity index (χ0) is 6.27. The van der Waals surface area contributed by atoms with Crippen molar-refractivity contribution in [2.24, 2.45) is 11.8 Å². The summed E-state index contributed by atoms with van der Waals surface area (Å²) in [5.74, 6) is 1.97. The Bertz CT molecular complexity index is 103. The summed E-state index contributed by atoms with van der Waals surface area (Å²) in [5, 5.41) is 3.57. The van der Waals surface area contributed by atoms with Crippen LogP contribution in [0.3, 0.4) is 0 Å². The van der Waals surface area contributed by atoms with Crippen LogP contribution in [0.2, 0.25) is 0 Å². The average Bonchev–Trinajstić information content (AvgIpc) is 1.90. The first-order valence-corrected chi connectivity index (χ1v) is 4.09. The summed E-state index contributed by atoms with van der Waals surface area (Å²) >= 11 is 0. The highest BCUT2D eigenvalue weighted by Crippen LogP contribution is 2.32. The molecule has 1 heteroatoms. The highest BCUT2D eigenvalue weighted by molar-refractivity contribution is 4.88. The second-order valence-electron chi connectivity index (χ2n) is 3.67. The van der Waals surface area contributed by atoms with E-state index in [-0.39, 0.29) is 0 Å². The van der Waals surface area contributed by atoms with Gasteiger partial charge in [-0.05, 0) is 37.6 Å². The van der Waals surface area contributed by atoms with Crippen LogP contribution in [0.5, 0.6) is 0 Å². The Balaban J connectivity index is 2.06.